The van der Waals surface area contributed by atoms with E-state index < -0.39 is 10.0 Å². The van der Waals surface area contributed by atoms with Crippen LogP contribution in [0.4, 0.5) is 11.5 Å². The number of nitrogens with zero attached hydrogens (tertiary/aromatic N) is 4. The summed E-state index contributed by atoms with van der Waals surface area (Å²) in [6.07, 6.45) is 1.70. The summed E-state index contributed by atoms with van der Waals surface area (Å²) >= 11 is 0. The molecule has 2 aromatic rings. The lowest BCUT2D eigenvalue weighted by Crippen LogP contribution is -2.46. The minimum Gasteiger partial charge on any atom is -0.368 e. The fraction of sp³-hybridized carbons (Fsp3) is 0.500. The zero-order chi connectivity index (χ0) is 18.0. The molecule has 25 heavy (non-hydrogen) atoms. The maximum absolute atomic E-state index is 12.5. The highest BCUT2D eigenvalue weighted by atomic mass is 32.2. The topological polar surface area (TPSA) is 91.6 Å². The molecule has 0 spiro atoms. The third kappa shape index (κ3) is 3.77. The van der Waals surface area contributed by atoms with Crippen LogP contribution in [0.5, 0.6) is 0 Å². The van der Waals surface area contributed by atoms with Crippen molar-refractivity contribution in [3.63, 3.8) is 0 Å². The molecule has 2 aromatic heterocycles. The van der Waals surface area contributed by atoms with Crippen molar-refractivity contribution in [3.8, 4) is 0 Å². The Morgan fingerprint density at radius 1 is 1.20 bits per heavy atom. The quantitative estimate of drug-likeness (QED) is 0.861. The van der Waals surface area contributed by atoms with E-state index in [1.54, 1.807) is 26.1 Å². The molecule has 0 amide bonds. The van der Waals surface area contributed by atoms with Crippen LogP contribution in [0.2, 0.25) is 0 Å². The van der Waals surface area contributed by atoms with Gasteiger partial charge >= 0.3 is 0 Å². The second-order valence-corrected chi connectivity index (χ2v) is 7.70. The predicted molar refractivity (Wildman–Crippen MR) is 95.3 cm³/mol. The monoisotopic (exact) mass is 365 g/mol. The first-order chi connectivity index (χ1) is 11.9. The number of aromatic nitrogens is 2. The largest absolute Gasteiger partial charge is 0.368 e. The molecular weight excluding hydrogens is 342 g/mol. The smallest absolute Gasteiger partial charge is 0.268 e. The standard InChI is InChI=1S/C16H23N5O3S/c1-4-20-7-9-21(10-8-20)14-5-6-15(17-11-14)19-25(22,23)16-12(2)18-24-13(16)3/h5-6,11H,4,7-10H2,1-3H3,(H,17,19). The lowest BCUT2D eigenvalue weighted by Gasteiger charge is -2.35. The van der Waals surface area contributed by atoms with Crippen LogP contribution < -0.4 is 9.62 Å². The van der Waals surface area contributed by atoms with Crippen LogP contribution in [0.25, 0.3) is 0 Å². The minimum atomic E-state index is -3.77. The summed E-state index contributed by atoms with van der Waals surface area (Å²) in [6.45, 7) is 10.3. The number of piperazine rings is 1. The van der Waals surface area contributed by atoms with E-state index >= 15 is 0 Å². The molecule has 8 nitrogen and oxygen atoms in total. The molecule has 0 saturated carbocycles. The molecule has 1 aliphatic heterocycles. The second-order valence-electron chi connectivity index (χ2n) is 6.08. The van der Waals surface area contributed by atoms with Crippen molar-refractivity contribution in [2.24, 2.45) is 0 Å². The molecule has 9 heteroatoms. The van der Waals surface area contributed by atoms with E-state index in [-0.39, 0.29) is 16.5 Å². The Kier molecular flexibility index (Phi) is 4.96. The van der Waals surface area contributed by atoms with Crippen molar-refractivity contribution in [1.29, 1.82) is 0 Å². The van der Waals surface area contributed by atoms with Crippen LogP contribution in [0.1, 0.15) is 18.4 Å². The Hall–Kier alpha value is -2.13. The van der Waals surface area contributed by atoms with Gasteiger partial charge in [-0.25, -0.2) is 13.4 Å². The van der Waals surface area contributed by atoms with Gasteiger partial charge < -0.3 is 14.3 Å². The van der Waals surface area contributed by atoms with Crippen LogP contribution in [-0.4, -0.2) is 56.2 Å². The molecule has 136 valence electrons. The summed E-state index contributed by atoms with van der Waals surface area (Å²) < 4.78 is 32.4. The zero-order valence-electron chi connectivity index (χ0n) is 14.7. The number of pyridine rings is 1. The van der Waals surface area contributed by atoms with Crippen molar-refractivity contribution in [1.82, 2.24) is 15.0 Å². The third-order valence-electron chi connectivity index (χ3n) is 4.41. The van der Waals surface area contributed by atoms with Crippen molar-refractivity contribution >= 4 is 21.5 Å². The van der Waals surface area contributed by atoms with Gasteiger partial charge in [-0.05, 0) is 32.5 Å². The predicted octanol–water partition coefficient (Wildman–Crippen LogP) is 1.63. The average molecular weight is 365 g/mol. The number of sulfonamides is 1. The zero-order valence-corrected chi connectivity index (χ0v) is 15.5. The van der Waals surface area contributed by atoms with Crippen molar-refractivity contribution in [2.45, 2.75) is 25.7 Å². The van der Waals surface area contributed by atoms with E-state index in [1.165, 1.54) is 0 Å². The van der Waals surface area contributed by atoms with Gasteiger partial charge in [0.05, 0.1) is 11.9 Å². The number of hydrogen-bond donors (Lipinski definition) is 1. The minimum absolute atomic E-state index is 0.0639. The molecule has 0 aromatic carbocycles. The highest BCUT2D eigenvalue weighted by Crippen LogP contribution is 2.23. The number of likely N-dealkylation sites (N-methyl/N-ethyl adjacent to an activating group) is 1. The van der Waals surface area contributed by atoms with Crippen LogP contribution in [-0.2, 0) is 10.0 Å². The lowest BCUT2D eigenvalue weighted by atomic mass is 10.3. The summed E-state index contributed by atoms with van der Waals surface area (Å²) in [5.74, 6) is 0.534. The van der Waals surface area contributed by atoms with Gasteiger partial charge in [-0.3, -0.25) is 4.72 Å². The molecule has 0 bridgehead atoms. The Morgan fingerprint density at radius 2 is 1.92 bits per heavy atom. The maximum atomic E-state index is 12.5. The van der Waals surface area contributed by atoms with E-state index in [2.05, 4.69) is 31.6 Å². The highest BCUT2D eigenvalue weighted by molar-refractivity contribution is 7.92. The normalized spacial score (nSPS) is 16.2. The fourth-order valence-corrected chi connectivity index (χ4v) is 4.34. The fourth-order valence-electron chi connectivity index (χ4n) is 3.00. The Balaban J connectivity index is 1.71. The van der Waals surface area contributed by atoms with Gasteiger partial charge in [0.2, 0.25) is 0 Å². The van der Waals surface area contributed by atoms with Crippen molar-refractivity contribution in [2.75, 3.05) is 42.3 Å². The Labute approximate surface area is 147 Å². The third-order valence-corrected chi connectivity index (χ3v) is 6.01. The van der Waals surface area contributed by atoms with Crippen molar-refractivity contribution in [3.05, 3.63) is 29.8 Å². The van der Waals surface area contributed by atoms with E-state index in [9.17, 15) is 8.42 Å². The second kappa shape index (κ2) is 7.01. The number of nitrogens with one attached hydrogen (secondary N) is 1. The summed E-state index contributed by atoms with van der Waals surface area (Å²) in [5.41, 5.74) is 1.33. The van der Waals surface area contributed by atoms with Gasteiger partial charge in [0.25, 0.3) is 10.0 Å². The van der Waals surface area contributed by atoms with E-state index in [1.807, 2.05) is 6.07 Å². The summed E-state index contributed by atoms with van der Waals surface area (Å²) in [4.78, 5) is 8.97. The first-order valence-electron chi connectivity index (χ1n) is 8.29. The molecule has 3 heterocycles. The molecule has 1 saturated heterocycles. The lowest BCUT2D eigenvalue weighted by molar-refractivity contribution is 0.271. The summed E-state index contributed by atoms with van der Waals surface area (Å²) in [7, 11) is -3.77. The Bertz CT molecular complexity index is 804. The van der Waals surface area contributed by atoms with Gasteiger partial charge in [-0.1, -0.05) is 12.1 Å². The molecule has 1 fully saturated rings. The molecule has 1 N–H and O–H groups in total. The van der Waals surface area contributed by atoms with E-state index in [4.69, 9.17) is 4.52 Å². The van der Waals surface area contributed by atoms with Gasteiger partial charge in [-0.15, -0.1) is 0 Å². The van der Waals surface area contributed by atoms with Gasteiger partial charge in [0.1, 0.15) is 11.5 Å². The first kappa shape index (κ1) is 17.7. The van der Waals surface area contributed by atoms with Gasteiger partial charge in [0.15, 0.2) is 10.7 Å². The van der Waals surface area contributed by atoms with E-state index in [0.29, 0.717) is 5.69 Å². The molecule has 1 aliphatic rings. The molecule has 0 aliphatic carbocycles. The summed E-state index contributed by atoms with van der Waals surface area (Å²) in [5, 5.41) is 3.69. The van der Waals surface area contributed by atoms with E-state index in [0.717, 1.165) is 38.4 Å². The van der Waals surface area contributed by atoms with Crippen molar-refractivity contribution < 1.29 is 12.9 Å². The molecule has 3 rings (SSSR count). The highest BCUT2D eigenvalue weighted by Gasteiger charge is 2.24. The first-order valence-corrected chi connectivity index (χ1v) is 9.78. The maximum Gasteiger partial charge on any atom is 0.268 e. The number of hydrogen-bond acceptors (Lipinski definition) is 7. The average Bonchev–Trinajstić information content (AvgIpc) is 2.95. The van der Waals surface area contributed by atoms with Crippen LogP contribution in [0.15, 0.2) is 27.7 Å². The number of rotatable bonds is 5. The van der Waals surface area contributed by atoms with Crippen LogP contribution in [0.3, 0.4) is 0 Å². The molecule has 0 radical (unpaired) electrons. The molecular formula is C16H23N5O3S. The Morgan fingerprint density at radius 3 is 2.44 bits per heavy atom. The van der Waals surface area contributed by atoms with Gasteiger partial charge in [0, 0.05) is 26.2 Å². The van der Waals surface area contributed by atoms with Gasteiger partial charge in [-0.2, -0.15) is 0 Å². The molecule has 0 atom stereocenters. The van der Waals surface area contributed by atoms with Crippen LogP contribution >= 0.6 is 0 Å². The van der Waals surface area contributed by atoms with Crippen LogP contribution in [0, 0.1) is 13.8 Å². The summed E-state index contributed by atoms with van der Waals surface area (Å²) in [6, 6.07) is 3.57. The number of aryl methyl sites for hydroxylation is 2. The molecule has 0 unspecified atom stereocenters. The number of anilines is 2. The SMILES string of the molecule is CCN1CCN(c2ccc(NS(=O)(=O)c3c(C)noc3C)nc2)CC1.